The van der Waals surface area contributed by atoms with Crippen molar-refractivity contribution in [3.05, 3.63) is 0 Å². The molecule has 3 N–H and O–H groups in total. The van der Waals surface area contributed by atoms with E-state index in [1.165, 1.54) is 23.6 Å². The van der Waals surface area contributed by atoms with Gasteiger partial charge < -0.3 is 15.1 Å². The molecule has 1 amide bonds. The Morgan fingerprint density at radius 1 is 1.26 bits per heavy atom. The Kier molecular flexibility index (Phi) is 5.61. The first kappa shape index (κ1) is 15.8. The fourth-order valence-electron chi connectivity index (χ4n) is 1.84. The number of hydrogen-bond acceptors (Lipinski definition) is 5. The Hall–Kier alpha value is -1.28. The standard InChI is InChI=1S/C11H18N2O5S/c1-6(12-7(2)10(15)16)9(14)13-3-4-19-5-8(13)11(17)18/h6-8,12H,3-5H2,1-2H3,(H,15,16)(H,17,18). The average Bonchev–Trinajstić information content (AvgIpc) is 2.37. The van der Waals surface area contributed by atoms with Crippen LogP contribution in [0.3, 0.4) is 0 Å². The van der Waals surface area contributed by atoms with E-state index in [1.807, 2.05) is 0 Å². The molecule has 0 bridgehead atoms. The van der Waals surface area contributed by atoms with Gasteiger partial charge in [-0.3, -0.25) is 14.9 Å². The summed E-state index contributed by atoms with van der Waals surface area (Å²) in [7, 11) is 0. The summed E-state index contributed by atoms with van der Waals surface area (Å²) in [6.07, 6.45) is 0. The molecule has 19 heavy (non-hydrogen) atoms. The van der Waals surface area contributed by atoms with Gasteiger partial charge in [-0.15, -0.1) is 0 Å². The van der Waals surface area contributed by atoms with E-state index >= 15 is 0 Å². The maximum atomic E-state index is 12.2. The number of amides is 1. The molecule has 0 aromatic heterocycles. The van der Waals surface area contributed by atoms with E-state index in [9.17, 15) is 14.4 Å². The van der Waals surface area contributed by atoms with Crippen molar-refractivity contribution < 1.29 is 24.6 Å². The van der Waals surface area contributed by atoms with E-state index in [0.717, 1.165) is 0 Å². The van der Waals surface area contributed by atoms with Crippen LogP contribution in [0.2, 0.25) is 0 Å². The second-order valence-electron chi connectivity index (χ2n) is 4.41. The van der Waals surface area contributed by atoms with Gasteiger partial charge in [-0.25, -0.2) is 4.79 Å². The van der Waals surface area contributed by atoms with E-state index in [2.05, 4.69) is 5.32 Å². The van der Waals surface area contributed by atoms with Gasteiger partial charge in [-0.05, 0) is 13.8 Å². The highest BCUT2D eigenvalue weighted by Crippen LogP contribution is 2.17. The summed E-state index contributed by atoms with van der Waals surface area (Å²) in [5.41, 5.74) is 0. The molecule has 108 valence electrons. The first-order chi connectivity index (χ1) is 8.84. The molecule has 8 heteroatoms. The smallest absolute Gasteiger partial charge is 0.327 e. The van der Waals surface area contributed by atoms with Crippen molar-refractivity contribution in [1.82, 2.24) is 10.2 Å². The summed E-state index contributed by atoms with van der Waals surface area (Å²) in [4.78, 5) is 35.3. The van der Waals surface area contributed by atoms with Crippen LogP contribution in [-0.2, 0) is 14.4 Å². The lowest BCUT2D eigenvalue weighted by atomic mass is 10.2. The SMILES string of the molecule is CC(NC(C)C(=O)N1CCSCC1C(=O)O)C(=O)O. The van der Waals surface area contributed by atoms with Gasteiger partial charge in [0.25, 0.3) is 0 Å². The van der Waals surface area contributed by atoms with Crippen LogP contribution in [0.1, 0.15) is 13.8 Å². The summed E-state index contributed by atoms with van der Waals surface area (Å²) < 4.78 is 0. The van der Waals surface area contributed by atoms with Crippen LogP contribution in [0.4, 0.5) is 0 Å². The molecule has 0 aliphatic carbocycles. The van der Waals surface area contributed by atoms with Crippen molar-refractivity contribution in [2.45, 2.75) is 32.0 Å². The minimum atomic E-state index is -1.05. The Morgan fingerprint density at radius 2 is 1.89 bits per heavy atom. The maximum absolute atomic E-state index is 12.2. The third-order valence-electron chi connectivity index (χ3n) is 2.94. The quantitative estimate of drug-likeness (QED) is 0.624. The summed E-state index contributed by atoms with van der Waals surface area (Å²) in [6.45, 7) is 3.35. The molecule has 0 radical (unpaired) electrons. The summed E-state index contributed by atoms with van der Waals surface area (Å²) in [5, 5.41) is 20.5. The number of thioether (sulfide) groups is 1. The fraction of sp³-hybridized carbons (Fsp3) is 0.727. The number of carboxylic acid groups (broad SMARTS) is 2. The molecular weight excluding hydrogens is 272 g/mol. The van der Waals surface area contributed by atoms with Crippen LogP contribution in [0.5, 0.6) is 0 Å². The molecule has 1 rings (SSSR count). The molecule has 1 fully saturated rings. The van der Waals surface area contributed by atoms with Gasteiger partial charge >= 0.3 is 11.9 Å². The fourth-order valence-corrected chi connectivity index (χ4v) is 2.88. The highest BCUT2D eigenvalue weighted by Gasteiger charge is 2.34. The van der Waals surface area contributed by atoms with E-state index in [0.29, 0.717) is 18.1 Å². The molecular formula is C11H18N2O5S. The Bertz CT molecular complexity index is 376. The van der Waals surface area contributed by atoms with E-state index in [1.54, 1.807) is 6.92 Å². The number of carbonyl (C=O) groups is 3. The van der Waals surface area contributed by atoms with Crippen LogP contribution < -0.4 is 5.32 Å². The number of rotatable bonds is 5. The average molecular weight is 290 g/mol. The predicted octanol–water partition coefficient (Wildman–Crippen LogP) is -0.534. The molecule has 1 heterocycles. The molecule has 1 saturated heterocycles. The van der Waals surface area contributed by atoms with E-state index < -0.39 is 30.1 Å². The third-order valence-corrected chi connectivity index (χ3v) is 3.96. The van der Waals surface area contributed by atoms with Gasteiger partial charge in [0.2, 0.25) is 5.91 Å². The van der Waals surface area contributed by atoms with Crippen molar-refractivity contribution in [3.8, 4) is 0 Å². The van der Waals surface area contributed by atoms with Crippen molar-refractivity contribution in [3.63, 3.8) is 0 Å². The van der Waals surface area contributed by atoms with Crippen LogP contribution in [0, 0.1) is 0 Å². The third kappa shape index (κ3) is 4.10. The van der Waals surface area contributed by atoms with Crippen molar-refractivity contribution in [1.29, 1.82) is 0 Å². The monoisotopic (exact) mass is 290 g/mol. The summed E-state index contributed by atoms with van der Waals surface area (Å²) in [6, 6.07) is -2.42. The Morgan fingerprint density at radius 3 is 2.42 bits per heavy atom. The zero-order valence-corrected chi connectivity index (χ0v) is 11.6. The van der Waals surface area contributed by atoms with E-state index in [-0.39, 0.29) is 5.91 Å². The maximum Gasteiger partial charge on any atom is 0.327 e. The summed E-state index contributed by atoms with van der Waals surface area (Å²) >= 11 is 1.49. The number of nitrogens with one attached hydrogen (secondary N) is 1. The molecule has 0 saturated carbocycles. The number of nitrogens with zero attached hydrogens (tertiary/aromatic N) is 1. The highest BCUT2D eigenvalue weighted by molar-refractivity contribution is 7.99. The van der Waals surface area contributed by atoms with Crippen LogP contribution in [-0.4, -0.2) is 69.1 Å². The first-order valence-electron chi connectivity index (χ1n) is 5.94. The Balaban J connectivity index is 2.68. The second-order valence-corrected chi connectivity index (χ2v) is 5.56. The van der Waals surface area contributed by atoms with Crippen LogP contribution >= 0.6 is 11.8 Å². The second kappa shape index (κ2) is 6.76. The lowest BCUT2D eigenvalue weighted by Crippen LogP contribution is -2.57. The molecule has 0 aromatic carbocycles. The Labute approximate surface area is 115 Å². The topological polar surface area (TPSA) is 107 Å². The first-order valence-corrected chi connectivity index (χ1v) is 7.10. The van der Waals surface area contributed by atoms with Gasteiger partial charge in [0.15, 0.2) is 0 Å². The number of hydrogen-bond donors (Lipinski definition) is 3. The van der Waals surface area contributed by atoms with E-state index in [4.69, 9.17) is 10.2 Å². The molecule has 0 aromatic rings. The van der Waals surface area contributed by atoms with Gasteiger partial charge in [-0.2, -0.15) is 11.8 Å². The zero-order chi connectivity index (χ0) is 14.6. The van der Waals surface area contributed by atoms with Crippen molar-refractivity contribution in [2.24, 2.45) is 0 Å². The van der Waals surface area contributed by atoms with Crippen molar-refractivity contribution in [2.75, 3.05) is 18.1 Å². The largest absolute Gasteiger partial charge is 0.480 e. The molecule has 7 nitrogen and oxygen atoms in total. The molecule has 3 unspecified atom stereocenters. The summed E-state index contributed by atoms with van der Waals surface area (Å²) in [5.74, 6) is -1.40. The molecule has 0 spiro atoms. The molecule has 1 aliphatic heterocycles. The lowest BCUT2D eigenvalue weighted by Gasteiger charge is -2.34. The minimum absolute atomic E-state index is 0.363. The van der Waals surface area contributed by atoms with Gasteiger partial charge in [-0.1, -0.05) is 0 Å². The van der Waals surface area contributed by atoms with Gasteiger partial charge in [0.1, 0.15) is 12.1 Å². The minimum Gasteiger partial charge on any atom is -0.480 e. The molecule has 1 aliphatic rings. The number of carbonyl (C=O) groups excluding carboxylic acids is 1. The lowest BCUT2D eigenvalue weighted by molar-refractivity contribution is -0.150. The number of aliphatic carboxylic acids is 2. The van der Waals surface area contributed by atoms with Gasteiger partial charge in [0, 0.05) is 18.1 Å². The van der Waals surface area contributed by atoms with Crippen LogP contribution in [0.15, 0.2) is 0 Å². The zero-order valence-electron chi connectivity index (χ0n) is 10.8. The highest BCUT2D eigenvalue weighted by atomic mass is 32.2. The predicted molar refractivity (Wildman–Crippen MR) is 70.2 cm³/mol. The number of carboxylic acids is 2. The van der Waals surface area contributed by atoms with Crippen molar-refractivity contribution >= 4 is 29.6 Å². The van der Waals surface area contributed by atoms with Gasteiger partial charge in [0.05, 0.1) is 6.04 Å². The molecule has 3 atom stereocenters. The van der Waals surface area contributed by atoms with Crippen LogP contribution in [0.25, 0.3) is 0 Å². The normalized spacial score (nSPS) is 22.6.